The van der Waals surface area contributed by atoms with Crippen molar-refractivity contribution in [1.29, 1.82) is 0 Å². The van der Waals surface area contributed by atoms with Gasteiger partial charge < -0.3 is 15.0 Å². The lowest BCUT2D eigenvalue weighted by molar-refractivity contribution is 0.0595. The maximum absolute atomic E-state index is 14.2. The minimum Gasteiger partial charge on any atom is -0.385 e. The Hall–Kier alpha value is -1.29. The molecule has 2 heterocycles. The van der Waals surface area contributed by atoms with E-state index in [1.54, 1.807) is 6.07 Å². The van der Waals surface area contributed by atoms with Gasteiger partial charge in [0, 0.05) is 31.9 Å². The molecule has 0 bridgehead atoms. The minimum absolute atomic E-state index is 0.114. The van der Waals surface area contributed by atoms with Gasteiger partial charge in [0.1, 0.15) is 5.82 Å². The Morgan fingerprint density at radius 1 is 1.25 bits per heavy atom. The number of halogens is 1. The van der Waals surface area contributed by atoms with E-state index < -0.39 is 0 Å². The second-order valence-electron chi connectivity index (χ2n) is 5.82. The number of hydrogen-bond donors (Lipinski definition) is 1. The fraction of sp³-hybridized carbons (Fsp3) is 0.625. The molecule has 110 valence electrons. The third kappa shape index (κ3) is 3.23. The number of rotatable bonds is 4. The van der Waals surface area contributed by atoms with Gasteiger partial charge in [-0.1, -0.05) is 0 Å². The van der Waals surface area contributed by atoms with Crippen LogP contribution in [0.15, 0.2) is 18.2 Å². The molecule has 1 aromatic rings. The Kier molecular flexibility index (Phi) is 4.41. The van der Waals surface area contributed by atoms with Crippen LogP contribution in [0, 0.1) is 11.7 Å². The van der Waals surface area contributed by atoms with Gasteiger partial charge in [0.2, 0.25) is 0 Å². The van der Waals surface area contributed by atoms with Crippen molar-refractivity contribution in [2.24, 2.45) is 5.92 Å². The van der Waals surface area contributed by atoms with Gasteiger partial charge in [-0.3, -0.25) is 0 Å². The Morgan fingerprint density at radius 3 is 2.80 bits per heavy atom. The number of ether oxygens (including phenoxy) is 1. The second kappa shape index (κ2) is 6.44. The third-order valence-electron chi connectivity index (χ3n) is 4.24. The van der Waals surface area contributed by atoms with Gasteiger partial charge in [0.25, 0.3) is 0 Å². The van der Waals surface area contributed by atoms with Crippen LogP contribution in [-0.4, -0.2) is 32.8 Å². The normalized spacial score (nSPS) is 23.1. The molecule has 2 aliphatic rings. The van der Waals surface area contributed by atoms with Crippen molar-refractivity contribution >= 4 is 11.4 Å². The zero-order valence-electron chi connectivity index (χ0n) is 11.9. The Labute approximate surface area is 120 Å². The quantitative estimate of drug-likeness (QED) is 0.915. The predicted octanol–water partition coefficient (Wildman–Crippen LogP) is 3.26. The lowest BCUT2D eigenvalue weighted by atomic mass is 10.0. The molecule has 2 aliphatic heterocycles. The Morgan fingerprint density at radius 2 is 2.10 bits per heavy atom. The molecule has 0 aliphatic carbocycles. The van der Waals surface area contributed by atoms with Crippen molar-refractivity contribution in [1.82, 2.24) is 0 Å². The van der Waals surface area contributed by atoms with E-state index >= 15 is 0 Å². The van der Waals surface area contributed by atoms with E-state index in [1.165, 1.54) is 19.3 Å². The van der Waals surface area contributed by atoms with Crippen LogP contribution in [0.1, 0.15) is 25.7 Å². The number of nitrogens with zero attached hydrogens (tertiary/aromatic N) is 1. The van der Waals surface area contributed by atoms with Gasteiger partial charge in [-0.25, -0.2) is 4.39 Å². The van der Waals surface area contributed by atoms with Crippen molar-refractivity contribution in [2.75, 3.05) is 43.1 Å². The standard InChI is InChI=1S/C16H23FN2O/c17-15-10-14(18-11-13-4-3-9-20-12-13)5-6-16(15)19-7-1-2-8-19/h5-6,10,13,18H,1-4,7-9,11-12H2. The van der Waals surface area contributed by atoms with E-state index in [1.807, 2.05) is 12.1 Å². The summed E-state index contributed by atoms with van der Waals surface area (Å²) in [5.74, 6) is 0.432. The van der Waals surface area contributed by atoms with Gasteiger partial charge in [-0.15, -0.1) is 0 Å². The maximum atomic E-state index is 14.2. The lowest BCUT2D eigenvalue weighted by Gasteiger charge is -2.23. The van der Waals surface area contributed by atoms with Crippen LogP contribution in [0.4, 0.5) is 15.8 Å². The largest absolute Gasteiger partial charge is 0.385 e. The topological polar surface area (TPSA) is 24.5 Å². The first-order valence-corrected chi connectivity index (χ1v) is 7.69. The van der Waals surface area contributed by atoms with E-state index in [-0.39, 0.29) is 5.82 Å². The smallest absolute Gasteiger partial charge is 0.148 e. The molecule has 0 radical (unpaired) electrons. The van der Waals surface area contributed by atoms with E-state index in [0.29, 0.717) is 5.92 Å². The van der Waals surface area contributed by atoms with Crippen LogP contribution < -0.4 is 10.2 Å². The highest BCUT2D eigenvalue weighted by molar-refractivity contribution is 5.56. The molecule has 20 heavy (non-hydrogen) atoms. The van der Waals surface area contributed by atoms with Gasteiger partial charge in [-0.2, -0.15) is 0 Å². The van der Waals surface area contributed by atoms with Crippen molar-refractivity contribution in [3.8, 4) is 0 Å². The minimum atomic E-state index is -0.114. The predicted molar refractivity (Wildman–Crippen MR) is 79.9 cm³/mol. The summed E-state index contributed by atoms with van der Waals surface area (Å²) >= 11 is 0. The van der Waals surface area contributed by atoms with Gasteiger partial charge >= 0.3 is 0 Å². The third-order valence-corrected chi connectivity index (χ3v) is 4.24. The van der Waals surface area contributed by atoms with E-state index in [0.717, 1.165) is 50.6 Å². The van der Waals surface area contributed by atoms with Crippen LogP contribution in [0.3, 0.4) is 0 Å². The monoisotopic (exact) mass is 278 g/mol. The molecule has 2 fully saturated rings. The van der Waals surface area contributed by atoms with Crippen molar-refractivity contribution in [2.45, 2.75) is 25.7 Å². The van der Waals surface area contributed by atoms with Crippen LogP contribution in [0.25, 0.3) is 0 Å². The van der Waals surface area contributed by atoms with Crippen LogP contribution in [0.2, 0.25) is 0 Å². The molecular weight excluding hydrogens is 255 g/mol. The van der Waals surface area contributed by atoms with E-state index in [9.17, 15) is 4.39 Å². The maximum Gasteiger partial charge on any atom is 0.148 e. The van der Waals surface area contributed by atoms with Crippen LogP contribution >= 0.6 is 0 Å². The highest BCUT2D eigenvalue weighted by Gasteiger charge is 2.17. The van der Waals surface area contributed by atoms with Crippen molar-refractivity contribution < 1.29 is 9.13 Å². The molecule has 0 saturated carbocycles. The van der Waals surface area contributed by atoms with Crippen molar-refractivity contribution in [3.63, 3.8) is 0 Å². The van der Waals surface area contributed by atoms with Crippen molar-refractivity contribution in [3.05, 3.63) is 24.0 Å². The van der Waals surface area contributed by atoms with Gasteiger partial charge in [0.05, 0.1) is 12.3 Å². The second-order valence-corrected chi connectivity index (χ2v) is 5.82. The summed E-state index contributed by atoms with van der Waals surface area (Å²) < 4.78 is 19.6. The first-order valence-electron chi connectivity index (χ1n) is 7.69. The zero-order valence-corrected chi connectivity index (χ0v) is 11.9. The van der Waals surface area contributed by atoms with E-state index in [4.69, 9.17) is 4.74 Å². The summed E-state index contributed by atoms with van der Waals surface area (Å²) in [7, 11) is 0. The molecule has 1 atom stereocenters. The molecular formula is C16H23FN2O. The molecule has 0 amide bonds. The molecule has 1 aromatic carbocycles. The number of anilines is 2. The molecule has 1 unspecified atom stereocenters. The molecule has 4 heteroatoms. The fourth-order valence-corrected chi connectivity index (χ4v) is 3.06. The zero-order chi connectivity index (χ0) is 13.8. The molecule has 3 rings (SSSR count). The SMILES string of the molecule is Fc1cc(NCC2CCCOC2)ccc1N1CCCC1. The van der Waals surface area contributed by atoms with Crippen LogP contribution in [-0.2, 0) is 4.74 Å². The summed E-state index contributed by atoms with van der Waals surface area (Å²) in [5.41, 5.74) is 1.62. The molecule has 2 saturated heterocycles. The highest BCUT2D eigenvalue weighted by atomic mass is 19.1. The van der Waals surface area contributed by atoms with E-state index in [2.05, 4.69) is 10.2 Å². The van der Waals surface area contributed by atoms with Crippen LogP contribution in [0.5, 0.6) is 0 Å². The summed E-state index contributed by atoms with van der Waals surface area (Å²) in [6.07, 6.45) is 4.66. The fourth-order valence-electron chi connectivity index (χ4n) is 3.06. The first kappa shape index (κ1) is 13.7. The van der Waals surface area contributed by atoms with Gasteiger partial charge in [0.15, 0.2) is 0 Å². The number of nitrogens with one attached hydrogen (secondary N) is 1. The summed E-state index contributed by atoms with van der Waals surface area (Å²) in [4.78, 5) is 2.13. The molecule has 0 spiro atoms. The molecule has 1 N–H and O–H groups in total. The number of hydrogen-bond acceptors (Lipinski definition) is 3. The average molecular weight is 278 g/mol. The summed E-state index contributed by atoms with van der Waals surface area (Å²) in [5, 5.41) is 3.33. The number of benzene rings is 1. The average Bonchev–Trinajstić information content (AvgIpc) is 3.00. The Balaban J connectivity index is 1.58. The first-order chi connectivity index (χ1) is 9.83. The highest BCUT2D eigenvalue weighted by Crippen LogP contribution is 2.26. The lowest BCUT2D eigenvalue weighted by Crippen LogP contribution is -2.24. The summed E-state index contributed by atoms with van der Waals surface area (Å²) in [6.45, 7) is 4.52. The van der Waals surface area contributed by atoms with Gasteiger partial charge in [-0.05, 0) is 49.8 Å². The molecule has 3 nitrogen and oxygen atoms in total. The molecule has 0 aromatic heterocycles. The summed E-state index contributed by atoms with van der Waals surface area (Å²) in [6, 6.07) is 5.51. The Bertz CT molecular complexity index is 440.